The Morgan fingerprint density at radius 1 is 0.441 bits per heavy atom. The summed E-state index contributed by atoms with van der Waals surface area (Å²) in [5, 5.41) is 0. The molecule has 0 aliphatic heterocycles. The number of rotatable bonds is 12. The summed E-state index contributed by atoms with van der Waals surface area (Å²) in [5.74, 6) is 1.11. The van der Waals surface area contributed by atoms with Gasteiger partial charge in [0, 0.05) is 26.3 Å². The van der Waals surface area contributed by atoms with Crippen molar-refractivity contribution in [1.82, 2.24) is 0 Å². The number of carbonyl (C=O) groups is 1. The third-order valence-electron chi connectivity index (χ3n) is 9.25. The predicted molar refractivity (Wildman–Crippen MR) is 224 cm³/mol. The van der Waals surface area contributed by atoms with Gasteiger partial charge in [-0.15, -0.1) is 0 Å². The van der Waals surface area contributed by atoms with E-state index in [9.17, 15) is 13.2 Å². The van der Waals surface area contributed by atoms with Crippen molar-refractivity contribution in [2.24, 2.45) is 0 Å². The lowest BCUT2D eigenvalue weighted by molar-refractivity contribution is -0.137. The van der Waals surface area contributed by atoms with Crippen LogP contribution in [0.25, 0.3) is 11.1 Å². The maximum Gasteiger partial charge on any atom is 0.416 e. The third kappa shape index (κ3) is 8.42. The highest BCUT2D eigenvalue weighted by Crippen LogP contribution is 2.69. The van der Waals surface area contributed by atoms with Gasteiger partial charge in [0.25, 0.3) is 0 Å². The third-order valence-corrected chi connectivity index (χ3v) is 12.5. The molecule has 5 nitrogen and oxygen atoms in total. The molecule has 59 heavy (non-hydrogen) atoms. The van der Waals surface area contributed by atoms with Gasteiger partial charge >= 0.3 is 12.1 Å². The van der Waals surface area contributed by atoms with E-state index in [1.54, 1.807) is 66.7 Å². The van der Waals surface area contributed by atoms with Gasteiger partial charge in [0.1, 0.15) is 17.2 Å². The molecule has 8 aromatic rings. The lowest BCUT2D eigenvalue weighted by atomic mass is 9.97. The van der Waals surface area contributed by atoms with Gasteiger partial charge < -0.3 is 18.4 Å². The van der Waals surface area contributed by atoms with Crippen molar-refractivity contribution in [1.29, 1.82) is 0 Å². The van der Waals surface area contributed by atoms with Crippen LogP contribution in [0.2, 0.25) is 0 Å². The van der Waals surface area contributed by atoms with Gasteiger partial charge in [-0.1, -0.05) is 121 Å². The zero-order valence-electron chi connectivity index (χ0n) is 31.3. The molecular formula is C50H35F3O5S. The molecule has 8 rings (SSSR count). The summed E-state index contributed by atoms with van der Waals surface area (Å²) in [6.45, 7) is 0. The highest BCUT2D eigenvalue weighted by molar-refractivity contribution is 8.30. The Bertz CT molecular complexity index is 2590. The maximum atomic E-state index is 15.5. The van der Waals surface area contributed by atoms with E-state index in [1.165, 1.54) is 12.1 Å². The monoisotopic (exact) mass is 804 g/mol. The Balaban J connectivity index is 1.41. The molecule has 0 atom stereocenters. The van der Waals surface area contributed by atoms with Gasteiger partial charge in [-0.05, 0) is 101 Å². The number of hydrogen-bond donors (Lipinski definition) is 0. The van der Waals surface area contributed by atoms with Crippen LogP contribution in [0.4, 0.5) is 13.2 Å². The van der Waals surface area contributed by atoms with Crippen molar-refractivity contribution in [3.63, 3.8) is 0 Å². The summed E-state index contributed by atoms with van der Waals surface area (Å²) in [4.78, 5) is 17.1. The summed E-state index contributed by atoms with van der Waals surface area (Å²) >= 11 is 0. The predicted octanol–water partition coefficient (Wildman–Crippen LogP) is 14.8. The van der Waals surface area contributed by atoms with E-state index in [1.807, 2.05) is 121 Å². The van der Waals surface area contributed by atoms with Crippen LogP contribution in [0, 0.1) is 0 Å². The number of halogens is 3. The largest absolute Gasteiger partial charge is 0.453 e. The van der Waals surface area contributed by atoms with Crippen LogP contribution >= 0.6 is 10.3 Å². The lowest BCUT2D eigenvalue weighted by Crippen LogP contribution is -2.16. The summed E-state index contributed by atoms with van der Waals surface area (Å²) in [6, 6.07) is 61.0. The van der Waals surface area contributed by atoms with E-state index in [0.717, 1.165) is 12.1 Å². The fourth-order valence-corrected chi connectivity index (χ4v) is 9.56. The SMILES string of the molecule is O=C(OS(c1ccccc1)(c1ccccc1)c1ccc(C(F)(F)F)cc1)c1cc(Oc2ccccc2)c(Oc2ccccc2)c(Oc2ccccc2)c1-c1ccccc1. The minimum Gasteiger partial charge on any atom is -0.453 e. The van der Waals surface area contributed by atoms with Crippen LogP contribution in [-0.2, 0) is 10.4 Å². The van der Waals surface area contributed by atoms with Crippen molar-refractivity contribution >= 4 is 16.3 Å². The Labute approximate surface area is 341 Å². The van der Waals surface area contributed by atoms with E-state index < -0.39 is 28.0 Å². The minimum absolute atomic E-state index is 0.0594. The molecule has 0 aliphatic carbocycles. The molecular weight excluding hydrogens is 770 g/mol. The highest BCUT2D eigenvalue weighted by Gasteiger charge is 2.39. The topological polar surface area (TPSA) is 54.0 Å². The van der Waals surface area contributed by atoms with Crippen LogP contribution in [0.15, 0.2) is 227 Å². The van der Waals surface area contributed by atoms with Gasteiger partial charge in [0.15, 0.2) is 11.5 Å². The van der Waals surface area contributed by atoms with Crippen LogP contribution in [0.1, 0.15) is 15.9 Å². The average Bonchev–Trinajstić information content (AvgIpc) is 3.28. The molecule has 292 valence electrons. The Morgan fingerprint density at radius 3 is 1.29 bits per heavy atom. The number of benzene rings is 8. The summed E-state index contributed by atoms with van der Waals surface area (Å²) in [5.41, 5.74) is 0.175. The number of hydrogen-bond acceptors (Lipinski definition) is 5. The van der Waals surface area contributed by atoms with E-state index in [-0.39, 0.29) is 22.8 Å². The molecule has 0 N–H and O–H groups in total. The fraction of sp³-hybridized carbons (Fsp3) is 0.0200. The average molecular weight is 805 g/mol. The second-order valence-electron chi connectivity index (χ2n) is 13.1. The van der Waals surface area contributed by atoms with E-state index in [4.69, 9.17) is 18.4 Å². The molecule has 0 bridgehead atoms. The first-order valence-corrected chi connectivity index (χ1v) is 20.1. The zero-order valence-corrected chi connectivity index (χ0v) is 32.1. The maximum absolute atomic E-state index is 15.5. The number of ether oxygens (including phenoxy) is 3. The molecule has 0 heterocycles. The molecule has 0 radical (unpaired) electrons. The van der Waals surface area contributed by atoms with Crippen molar-refractivity contribution in [2.45, 2.75) is 20.9 Å². The quantitative estimate of drug-likeness (QED) is 0.123. The zero-order chi connectivity index (χ0) is 40.7. The number of carbonyl (C=O) groups excluding carboxylic acids is 1. The van der Waals surface area contributed by atoms with E-state index >= 15 is 4.79 Å². The summed E-state index contributed by atoms with van der Waals surface area (Å²) < 4.78 is 68.7. The van der Waals surface area contributed by atoms with Crippen molar-refractivity contribution in [3.8, 4) is 45.6 Å². The molecule has 8 aromatic carbocycles. The van der Waals surface area contributed by atoms with Crippen LogP contribution < -0.4 is 14.2 Å². The molecule has 0 saturated heterocycles. The number of para-hydroxylation sites is 3. The Morgan fingerprint density at radius 2 is 0.831 bits per heavy atom. The van der Waals surface area contributed by atoms with Gasteiger partial charge in [0.2, 0.25) is 5.75 Å². The van der Waals surface area contributed by atoms with Crippen LogP contribution in [-0.4, -0.2) is 5.97 Å². The van der Waals surface area contributed by atoms with Crippen LogP contribution in [0.5, 0.6) is 34.5 Å². The van der Waals surface area contributed by atoms with E-state index in [2.05, 4.69) is 0 Å². The fourth-order valence-electron chi connectivity index (χ4n) is 6.54. The van der Waals surface area contributed by atoms with Gasteiger partial charge in [-0.3, -0.25) is 0 Å². The standard InChI is InChI=1S/C50H35F3O5S/c51-50(52,53)37-31-33-43(34-32-37)59(41-27-15-5-16-28-41,42-29-17-6-18-30-42)58-49(54)44-35-45(55-38-21-9-2-10-22-38)47(56-39-23-11-3-12-24-39)48(57-40-25-13-4-14-26-40)46(44)36-19-7-1-8-20-36/h1-35H. The lowest BCUT2D eigenvalue weighted by Gasteiger charge is -2.40. The summed E-state index contributed by atoms with van der Waals surface area (Å²) in [6.07, 6.45) is -4.58. The first kappa shape index (κ1) is 38.6. The highest BCUT2D eigenvalue weighted by atomic mass is 32.3. The van der Waals surface area contributed by atoms with Crippen LogP contribution in [0.3, 0.4) is 0 Å². The Hall–Kier alpha value is -7.23. The van der Waals surface area contributed by atoms with Crippen molar-refractivity contribution in [3.05, 3.63) is 223 Å². The smallest absolute Gasteiger partial charge is 0.416 e. The van der Waals surface area contributed by atoms with Gasteiger partial charge in [-0.2, -0.15) is 13.2 Å². The summed E-state index contributed by atoms with van der Waals surface area (Å²) in [7, 11) is -3.07. The van der Waals surface area contributed by atoms with E-state index in [0.29, 0.717) is 43.1 Å². The molecule has 0 fully saturated rings. The number of alkyl halides is 3. The van der Waals surface area contributed by atoms with Crippen molar-refractivity contribution in [2.75, 3.05) is 0 Å². The molecule has 0 aliphatic rings. The second kappa shape index (κ2) is 17.1. The van der Waals surface area contributed by atoms with Gasteiger partial charge in [-0.25, -0.2) is 4.79 Å². The molecule has 0 amide bonds. The second-order valence-corrected chi connectivity index (χ2v) is 15.8. The Kier molecular flexibility index (Phi) is 11.2. The normalized spacial score (nSPS) is 11.6. The molecule has 0 aromatic heterocycles. The molecule has 9 heteroatoms. The first-order chi connectivity index (χ1) is 28.8. The van der Waals surface area contributed by atoms with Gasteiger partial charge in [0.05, 0.1) is 11.1 Å². The molecule has 0 saturated carbocycles. The minimum atomic E-state index is -4.58. The van der Waals surface area contributed by atoms with Crippen molar-refractivity contribution < 1.29 is 36.4 Å². The molecule has 0 spiro atoms. The first-order valence-electron chi connectivity index (χ1n) is 18.6. The molecule has 0 unspecified atom stereocenters.